The summed E-state index contributed by atoms with van der Waals surface area (Å²) in [6, 6.07) is 5.01. The number of hydrogen-bond acceptors (Lipinski definition) is 4. The van der Waals surface area contributed by atoms with Gasteiger partial charge in [0.05, 0.1) is 12.7 Å². The third kappa shape index (κ3) is 3.92. The molecule has 0 atom stereocenters. The van der Waals surface area contributed by atoms with E-state index in [1.807, 2.05) is 7.05 Å². The van der Waals surface area contributed by atoms with Gasteiger partial charge in [-0.05, 0) is 25.7 Å². The zero-order chi connectivity index (χ0) is 13.5. The topological polar surface area (TPSA) is 67.6 Å². The van der Waals surface area contributed by atoms with Gasteiger partial charge in [-0.15, -0.1) is 0 Å². The first-order chi connectivity index (χ1) is 8.58. The van der Waals surface area contributed by atoms with Gasteiger partial charge < -0.3 is 20.7 Å². The molecule has 1 aromatic carbocycles. The van der Waals surface area contributed by atoms with Crippen LogP contribution in [0.1, 0.15) is 17.3 Å². The third-order valence-electron chi connectivity index (χ3n) is 2.79. The van der Waals surface area contributed by atoms with Crippen LogP contribution in [0, 0.1) is 0 Å². The Labute approximate surface area is 108 Å². The summed E-state index contributed by atoms with van der Waals surface area (Å²) in [5, 5.41) is 2.86. The van der Waals surface area contributed by atoms with Gasteiger partial charge in [0.2, 0.25) is 0 Å². The minimum absolute atomic E-state index is 0.142. The maximum Gasteiger partial charge on any atom is 0.255 e. The predicted octanol–water partition coefficient (Wildman–Crippen LogP) is 0.959. The molecule has 3 N–H and O–H groups in total. The highest BCUT2D eigenvalue weighted by molar-refractivity contribution is 5.97. The zero-order valence-electron chi connectivity index (χ0n) is 11.2. The van der Waals surface area contributed by atoms with Crippen LogP contribution in [-0.2, 0) is 0 Å². The molecule has 18 heavy (non-hydrogen) atoms. The molecule has 5 heteroatoms. The van der Waals surface area contributed by atoms with Crippen molar-refractivity contribution in [1.82, 2.24) is 10.2 Å². The van der Waals surface area contributed by atoms with Crippen molar-refractivity contribution in [2.24, 2.45) is 0 Å². The monoisotopic (exact) mass is 251 g/mol. The van der Waals surface area contributed by atoms with Gasteiger partial charge in [-0.1, -0.05) is 6.92 Å². The predicted molar refractivity (Wildman–Crippen MR) is 72.9 cm³/mol. The lowest BCUT2D eigenvalue weighted by Gasteiger charge is -2.14. The van der Waals surface area contributed by atoms with Gasteiger partial charge in [0.25, 0.3) is 5.91 Å². The Morgan fingerprint density at radius 3 is 2.83 bits per heavy atom. The lowest BCUT2D eigenvalue weighted by Crippen LogP contribution is -2.33. The summed E-state index contributed by atoms with van der Waals surface area (Å²) < 4.78 is 5.14. The summed E-state index contributed by atoms with van der Waals surface area (Å²) in [6.45, 7) is 4.46. The molecule has 0 radical (unpaired) electrons. The van der Waals surface area contributed by atoms with Crippen LogP contribution in [0.5, 0.6) is 5.75 Å². The molecule has 0 aromatic heterocycles. The van der Waals surface area contributed by atoms with E-state index in [1.165, 1.54) is 7.11 Å². The van der Waals surface area contributed by atoms with Gasteiger partial charge in [0.1, 0.15) is 5.75 Å². The van der Waals surface area contributed by atoms with E-state index in [-0.39, 0.29) is 5.91 Å². The molecule has 5 nitrogen and oxygen atoms in total. The minimum atomic E-state index is -0.142. The van der Waals surface area contributed by atoms with Gasteiger partial charge in [-0.25, -0.2) is 0 Å². The normalized spacial score (nSPS) is 10.4. The molecule has 0 aliphatic heterocycles. The fraction of sp³-hybridized carbons (Fsp3) is 0.462. The number of nitrogens with two attached hydrogens (primary N) is 1. The Hall–Kier alpha value is -1.75. The van der Waals surface area contributed by atoms with Crippen LogP contribution in [0.4, 0.5) is 5.69 Å². The fourth-order valence-corrected chi connectivity index (χ4v) is 1.51. The number of hydrogen-bond donors (Lipinski definition) is 2. The number of carbonyl (C=O) groups is 1. The fourth-order valence-electron chi connectivity index (χ4n) is 1.51. The number of nitrogen functional groups attached to an aromatic ring is 1. The van der Waals surface area contributed by atoms with Crippen LogP contribution < -0.4 is 15.8 Å². The number of nitrogens with one attached hydrogen (secondary N) is 1. The molecule has 0 aliphatic carbocycles. The lowest BCUT2D eigenvalue weighted by molar-refractivity contribution is 0.0947. The van der Waals surface area contributed by atoms with Gasteiger partial charge in [-0.3, -0.25) is 4.79 Å². The van der Waals surface area contributed by atoms with Crippen molar-refractivity contribution >= 4 is 11.6 Å². The molecule has 0 aliphatic rings. The average molecular weight is 251 g/mol. The van der Waals surface area contributed by atoms with Crippen LogP contribution in [-0.4, -0.2) is 44.6 Å². The SMILES string of the molecule is CCN(C)CCNC(=O)c1ccc(N)cc1OC. The molecule has 0 spiro atoms. The Morgan fingerprint density at radius 2 is 2.22 bits per heavy atom. The molecule has 0 heterocycles. The smallest absolute Gasteiger partial charge is 0.255 e. The minimum Gasteiger partial charge on any atom is -0.496 e. The number of likely N-dealkylation sites (N-methyl/N-ethyl adjacent to an activating group) is 1. The Morgan fingerprint density at radius 1 is 1.50 bits per heavy atom. The highest BCUT2D eigenvalue weighted by Crippen LogP contribution is 2.21. The molecule has 0 unspecified atom stereocenters. The molecule has 0 bridgehead atoms. The van der Waals surface area contributed by atoms with E-state index in [0.717, 1.165) is 13.1 Å². The van der Waals surface area contributed by atoms with E-state index in [4.69, 9.17) is 10.5 Å². The highest BCUT2D eigenvalue weighted by Gasteiger charge is 2.11. The molecule has 100 valence electrons. The quantitative estimate of drug-likeness (QED) is 0.739. The largest absolute Gasteiger partial charge is 0.496 e. The standard InChI is InChI=1S/C13H21N3O2/c1-4-16(2)8-7-15-13(17)11-6-5-10(14)9-12(11)18-3/h5-6,9H,4,7-8,14H2,1-3H3,(H,15,17). The summed E-state index contributed by atoms with van der Waals surface area (Å²) in [5.74, 6) is 0.354. The van der Waals surface area contributed by atoms with Crippen molar-refractivity contribution in [2.75, 3.05) is 39.5 Å². The maximum atomic E-state index is 12.0. The molecular formula is C13H21N3O2. The molecule has 0 fully saturated rings. The molecule has 0 saturated carbocycles. The third-order valence-corrected chi connectivity index (χ3v) is 2.79. The summed E-state index contributed by atoms with van der Waals surface area (Å²) in [4.78, 5) is 14.1. The molecular weight excluding hydrogens is 230 g/mol. The summed E-state index contributed by atoms with van der Waals surface area (Å²) in [7, 11) is 3.53. The van der Waals surface area contributed by atoms with Crippen molar-refractivity contribution in [3.63, 3.8) is 0 Å². The van der Waals surface area contributed by atoms with Crippen LogP contribution in [0.3, 0.4) is 0 Å². The van der Waals surface area contributed by atoms with Crippen LogP contribution in [0.15, 0.2) is 18.2 Å². The number of nitrogens with zero attached hydrogens (tertiary/aromatic N) is 1. The highest BCUT2D eigenvalue weighted by atomic mass is 16.5. The zero-order valence-corrected chi connectivity index (χ0v) is 11.2. The van der Waals surface area contributed by atoms with Crippen molar-refractivity contribution in [1.29, 1.82) is 0 Å². The van der Waals surface area contributed by atoms with E-state index >= 15 is 0 Å². The van der Waals surface area contributed by atoms with Gasteiger partial charge in [0, 0.05) is 24.8 Å². The summed E-state index contributed by atoms with van der Waals surface area (Å²) >= 11 is 0. The molecule has 1 rings (SSSR count). The lowest BCUT2D eigenvalue weighted by atomic mass is 10.1. The number of carbonyl (C=O) groups excluding carboxylic acids is 1. The van der Waals surface area contributed by atoms with Crippen molar-refractivity contribution in [3.8, 4) is 5.75 Å². The van der Waals surface area contributed by atoms with Crippen molar-refractivity contribution in [3.05, 3.63) is 23.8 Å². The van der Waals surface area contributed by atoms with E-state index in [9.17, 15) is 4.79 Å². The second-order valence-electron chi connectivity index (χ2n) is 4.11. The van der Waals surface area contributed by atoms with E-state index in [0.29, 0.717) is 23.5 Å². The number of rotatable bonds is 6. The van der Waals surface area contributed by atoms with Crippen LogP contribution in [0.25, 0.3) is 0 Å². The molecule has 1 amide bonds. The maximum absolute atomic E-state index is 12.0. The number of methoxy groups -OCH3 is 1. The van der Waals surface area contributed by atoms with E-state index in [2.05, 4.69) is 17.1 Å². The van der Waals surface area contributed by atoms with Crippen molar-refractivity contribution < 1.29 is 9.53 Å². The molecule has 1 aromatic rings. The van der Waals surface area contributed by atoms with Crippen molar-refractivity contribution in [2.45, 2.75) is 6.92 Å². The first-order valence-corrected chi connectivity index (χ1v) is 5.98. The second kappa shape index (κ2) is 6.86. The van der Waals surface area contributed by atoms with Gasteiger partial charge in [0.15, 0.2) is 0 Å². The Kier molecular flexibility index (Phi) is 5.45. The number of benzene rings is 1. The van der Waals surface area contributed by atoms with Gasteiger partial charge >= 0.3 is 0 Å². The average Bonchev–Trinajstić information content (AvgIpc) is 2.37. The second-order valence-corrected chi connectivity index (χ2v) is 4.11. The number of anilines is 1. The van der Waals surface area contributed by atoms with Crippen LogP contribution in [0.2, 0.25) is 0 Å². The van der Waals surface area contributed by atoms with E-state index in [1.54, 1.807) is 18.2 Å². The number of amides is 1. The Bertz CT molecular complexity index is 407. The van der Waals surface area contributed by atoms with Gasteiger partial charge in [-0.2, -0.15) is 0 Å². The first-order valence-electron chi connectivity index (χ1n) is 5.98. The summed E-state index contributed by atoms with van der Waals surface area (Å²) in [5.41, 5.74) is 6.73. The summed E-state index contributed by atoms with van der Waals surface area (Å²) in [6.07, 6.45) is 0. The number of ether oxygens (including phenoxy) is 1. The first kappa shape index (κ1) is 14.3. The molecule has 0 saturated heterocycles. The van der Waals surface area contributed by atoms with E-state index < -0.39 is 0 Å². The Balaban J connectivity index is 2.61. The van der Waals surface area contributed by atoms with Crippen LogP contribution >= 0.6 is 0 Å².